The molecule has 0 N–H and O–H groups in total. The van der Waals surface area contributed by atoms with Gasteiger partial charge in [-0.05, 0) is 31.9 Å². The number of para-hydroxylation sites is 1. The lowest BCUT2D eigenvalue weighted by Gasteiger charge is -2.33. The molecule has 3 rings (SSSR count). The van der Waals surface area contributed by atoms with E-state index in [1.165, 1.54) is 0 Å². The summed E-state index contributed by atoms with van der Waals surface area (Å²) in [5.41, 5.74) is 0.901. The summed E-state index contributed by atoms with van der Waals surface area (Å²) in [5.74, 6) is -0.633. The predicted octanol–water partition coefficient (Wildman–Crippen LogP) is 2.00. The number of amides is 1. The van der Waals surface area contributed by atoms with Gasteiger partial charge < -0.3 is 9.64 Å². The fourth-order valence-electron chi connectivity index (χ4n) is 3.87. The molecule has 0 aromatic heterocycles. The van der Waals surface area contributed by atoms with Crippen molar-refractivity contribution in [3.8, 4) is 0 Å². The highest BCUT2D eigenvalue weighted by molar-refractivity contribution is 7.91. The van der Waals surface area contributed by atoms with E-state index in [4.69, 9.17) is 4.74 Å². The van der Waals surface area contributed by atoms with Crippen LogP contribution >= 0.6 is 0 Å². The molecule has 2 atom stereocenters. The standard InChI is InChI=1S/C21H29N3O5S/c1-3-5-12-23(17-11-13-30(27,28)15-17)20(25)19-14-18(21(26)29-4-2)22-24(19)16-9-7-6-8-10-16/h6-10,17,19H,3-5,11-15H2,1-2H3. The molecule has 1 saturated heterocycles. The van der Waals surface area contributed by atoms with E-state index in [9.17, 15) is 18.0 Å². The molecule has 2 aliphatic rings. The number of benzene rings is 1. The van der Waals surface area contributed by atoms with Crippen molar-refractivity contribution in [1.29, 1.82) is 0 Å². The minimum Gasteiger partial charge on any atom is -0.461 e. The molecule has 2 unspecified atom stereocenters. The maximum Gasteiger partial charge on any atom is 0.354 e. The number of ether oxygens (including phenoxy) is 1. The molecule has 2 aliphatic heterocycles. The number of anilines is 1. The molecule has 0 bridgehead atoms. The van der Waals surface area contributed by atoms with Gasteiger partial charge in [0, 0.05) is 19.0 Å². The highest BCUT2D eigenvalue weighted by Gasteiger charge is 2.42. The van der Waals surface area contributed by atoms with Crippen LogP contribution in [0.2, 0.25) is 0 Å². The molecule has 1 amide bonds. The van der Waals surface area contributed by atoms with E-state index in [0.29, 0.717) is 18.7 Å². The molecular weight excluding hydrogens is 406 g/mol. The summed E-state index contributed by atoms with van der Waals surface area (Å²) >= 11 is 0. The summed E-state index contributed by atoms with van der Waals surface area (Å²) in [6, 6.07) is 8.16. The van der Waals surface area contributed by atoms with Gasteiger partial charge in [-0.2, -0.15) is 5.10 Å². The Labute approximate surface area is 177 Å². The number of hydrogen-bond donors (Lipinski definition) is 0. The van der Waals surface area contributed by atoms with Crippen LogP contribution in [0.1, 0.15) is 39.5 Å². The number of hydrogen-bond acceptors (Lipinski definition) is 7. The highest BCUT2D eigenvalue weighted by Crippen LogP contribution is 2.28. The van der Waals surface area contributed by atoms with Crippen LogP contribution in [0.4, 0.5) is 5.69 Å². The van der Waals surface area contributed by atoms with E-state index in [1.54, 1.807) is 16.8 Å². The zero-order valence-corrected chi connectivity index (χ0v) is 18.3. The maximum atomic E-state index is 13.6. The molecule has 0 spiro atoms. The van der Waals surface area contributed by atoms with Gasteiger partial charge in [-0.1, -0.05) is 31.5 Å². The number of carbonyl (C=O) groups is 2. The van der Waals surface area contributed by atoms with Gasteiger partial charge in [-0.25, -0.2) is 13.2 Å². The summed E-state index contributed by atoms with van der Waals surface area (Å²) in [6.45, 7) is 4.47. The van der Waals surface area contributed by atoms with E-state index < -0.39 is 21.8 Å². The summed E-state index contributed by atoms with van der Waals surface area (Å²) in [4.78, 5) is 27.6. The monoisotopic (exact) mass is 435 g/mol. The summed E-state index contributed by atoms with van der Waals surface area (Å²) in [7, 11) is -3.13. The van der Waals surface area contributed by atoms with Gasteiger partial charge >= 0.3 is 5.97 Å². The Morgan fingerprint density at radius 3 is 2.57 bits per heavy atom. The first-order valence-electron chi connectivity index (χ1n) is 10.5. The second kappa shape index (κ2) is 9.59. The molecule has 164 valence electrons. The number of carbonyl (C=O) groups excluding carboxylic acids is 2. The summed E-state index contributed by atoms with van der Waals surface area (Å²) < 4.78 is 29.1. The number of esters is 1. The zero-order valence-electron chi connectivity index (χ0n) is 17.5. The van der Waals surface area contributed by atoms with Crippen LogP contribution in [0.15, 0.2) is 35.4 Å². The molecule has 0 aliphatic carbocycles. The SMILES string of the molecule is CCCCN(C(=O)C1CC(C(=O)OCC)=NN1c1ccccc1)C1CCS(=O)(=O)C1. The number of hydrazone groups is 1. The van der Waals surface area contributed by atoms with Crippen LogP contribution in [-0.2, 0) is 24.2 Å². The van der Waals surface area contributed by atoms with Crippen LogP contribution in [0.3, 0.4) is 0 Å². The third-order valence-electron chi connectivity index (χ3n) is 5.41. The fourth-order valence-corrected chi connectivity index (χ4v) is 5.60. The first-order valence-corrected chi connectivity index (χ1v) is 12.3. The summed E-state index contributed by atoms with van der Waals surface area (Å²) in [5, 5.41) is 5.97. The van der Waals surface area contributed by atoms with E-state index in [0.717, 1.165) is 12.8 Å². The highest BCUT2D eigenvalue weighted by atomic mass is 32.2. The molecule has 2 heterocycles. The van der Waals surface area contributed by atoms with Gasteiger partial charge in [0.15, 0.2) is 9.84 Å². The minimum atomic E-state index is -3.13. The van der Waals surface area contributed by atoms with Crippen molar-refractivity contribution < 1.29 is 22.7 Å². The van der Waals surface area contributed by atoms with E-state index >= 15 is 0 Å². The van der Waals surface area contributed by atoms with Crippen LogP contribution in [0, 0.1) is 0 Å². The number of nitrogens with zero attached hydrogens (tertiary/aromatic N) is 3. The lowest BCUT2D eigenvalue weighted by atomic mass is 10.1. The molecule has 1 fully saturated rings. The van der Waals surface area contributed by atoms with E-state index in [-0.39, 0.29) is 42.2 Å². The van der Waals surface area contributed by atoms with Gasteiger partial charge in [-0.15, -0.1) is 0 Å². The molecule has 0 saturated carbocycles. The third kappa shape index (κ3) is 5.00. The van der Waals surface area contributed by atoms with Crippen molar-refractivity contribution in [2.24, 2.45) is 5.10 Å². The third-order valence-corrected chi connectivity index (χ3v) is 7.16. The Kier molecular flexibility index (Phi) is 7.12. The first-order chi connectivity index (χ1) is 14.4. The molecule has 1 aromatic carbocycles. The van der Waals surface area contributed by atoms with Gasteiger partial charge in [0.1, 0.15) is 11.8 Å². The minimum absolute atomic E-state index is 0.00784. The molecule has 8 nitrogen and oxygen atoms in total. The molecular formula is C21H29N3O5S. The molecule has 1 aromatic rings. The van der Waals surface area contributed by atoms with Crippen LogP contribution in [0.5, 0.6) is 0 Å². The Morgan fingerprint density at radius 2 is 1.97 bits per heavy atom. The average Bonchev–Trinajstić information content (AvgIpc) is 3.33. The zero-order chi connectivity index (χ0) is 21.7. The Morgan fingerprint density at radius 1 is 1.23 bits per heavy atom. The lowest BCUT2D eigenvalue weighted by Crippen LogP contribution is -2.50. The van der Waals surface area contributed by atoms with Crippen LogP contribution in [-0.4, -0.2) is 67.6 Å². The van der Waals surface area contributed by atoms with E-state index in [1.807, 2.05) is 37.3 Å². The van der Waals surface area contributed by atoms with Crippen LogP contribution in [0.25, 0.3) is 0 Å². The fraction of sp³-hybridized carbons (Fsp3) is 0.571. The molecule has 30 heavy (non-hydrogen) atoms. The van der Waals surface area contributed by atoms with Gasteiger partial charge in [-0.3, -0.25) is 9.80 Å². The average molecular weight is 436 g/mol. The van der Waals surface area contributed by atoms with Crippen molar-refractivity contribution in [2.75, 3.05) is 29.7 Å². The summed E-state index contributed by atoms with van der Waals surface area (Å²) in [6.07, 6.45) is 2.25. The van der Waals surface area contributed by atoms with Crippen molar-refractivity contribution in [3.05, 3.63) is 30.3 Å². The Hall–Kier alpha value is -2.42. The smallest absolute Gasteiger partial charge is 0.354 e. The van der Waals surface area contributed by atoms with Crippen molar-refractivity contribution in [3.63, 3.8) is 0 Å². The van der Waals surface area contributed by atoms with Crippen molar-refractivity contribution in [2.45, 2.75) is 51.6 Å². The van der Waals surface area contributed by atoms with Crippen LogP contribution < -0.4 is 5.01 Å². The van der Waals surface area contributed by atoms with Crippen molar-refractivity contribution in [1.82, 2.24) is 4.90 Å². The second-order valence-electron chi connectivity index (χ2n) is 7.61. The number of rotatable bonds is 8. The normalized spacial score (nSPS) is 22.6. The second-order valence-corrected chi connectivity index (χ2v) is 9.84. The van der Waals surface area contributed by atoms with E-state index in [2.05, 4.69) is 5.10 Å². The largest absolute Gasteiger partial charge is 0.461 e. The lowest BCUT2D eigenvalue weighted by molar-refractivity contribution is -0.135. The predicted molar refractivity (Wildman–Crippen MR) is 115 cm³/mol. The number of sulfone groups is 1. The Balaban J connectivity index is 1.89. The van der Waals surface area contributed by atoms with Gasteiger partial charge in [0.25, 0.3) is 0 Å². The first kappa shape index (κ1) is 22.3. The molecule has 0 radical (unpaired) electrons. The van der Waals surface area contributed by atoms with Crippen molar-refractivity contribution >= 4 is 33.1 Å². The Bertz CT molecular complexity index is 900. The van der Waals surface area contributed by atoms with Gasteiger partial charge in [0.2, 0.25) is 5.91 Å². The molecule has 9 heteroatoms. The van der Waals surface area contributed by atoms with Gasteiger partial charge in [0.05, 0.1) is 23.8 Å². The maximum absolute atomic E-state index is 13.6. The quantitative estimate of drug-likeness (QED) is 0.580. The number of unbranched alkanes of at least 4 members (excludes halogenated alkanes) is 1. The topological polar surface area (TPSA) is 96.3 Å².